The molecule has 9 heteroatoms. The zero-order chi connectivity index (χ0) is 37.6. The van der Waals surface area contributed by atoms with E-state index in [0.717, 1.165) is 93.4 Å². The minimum Gasteiger partial charge on any atom is -0.463 e. The minimum atomic E-state index is -0.345. The van der Waals surface area contributed by atoms with Crippen molar-refractivity contribution in [1.29, 1.82) is 0 Å². The van der Waals surface area contributed by atoms with Crippen LogP contribution < -0.4 is 9.47 Å². The largest absolute Gasteiger partial charge is 0.463 e. The zero-order valence-electron chi connectivity index (χ0n) is 31.6. The fourth-order valence-corrected chi connectivity index (χ4v) is 10.1. The predicted octanol–water partition coefficient (Wildman–Crippen LogP) is 10.5. The molecule has 0 radical (unpaired) electrons. The van der Waals surface area contributed by atoms with Crippen molar-refractivity contribution in [3.05, 3.63) is 48.0 Å². The lowest BCUT2D eigenvalue weighted by Gasteiger charge is -2.37. The van der Waals surface area contributed by atoms with Crippen LogP contribution in [-0.2, 0) is 28.7 Å². The quantitative estimate of drug-likeness (QED) is 0.0705. The van der Waals surface area contributed by atoms with Gasteiger partial charge >= 0.3 is 23.9 Å². The maximum atomic E-state index is 13.4. The maximum absolute atomic E-state index is 13.4. The van der Waals surface area contributed by atoms with Crippen LogP contribution in [0.2, 0.25) is 0 Å². The molecule has 0 unspecified atom stereocenters. The average molecular weight is 798 g/mol. The molecule has 8 nitrogen and oxygen atoms in total. The molecule has 5 rings (SSSR count). The Morgan fingerprint density at radius 3 is 1.34 bits per heavy atom. The Bertz CT molecular complexity index is 1380. The number of hydrogen-bond acceptors (Lipinski definition) is 8. The first-order chi connectivity index (χ1) is 25.7. The molecule has 0 spiro atoms. The number of carbonyl (C=O) groups is 4. The topological polar surface area (TPSA) is 105 Å². The molecule has 4 fully saturated rings. The van der Waals surface area contributed by atoms with E-state index in [1.165, 1.54) is 63.5 Å². The van der Waals surface area contributed by atoms with Crippen molar-refractivity contribution >= 4 is 39.8 Å². The number of hydrogen-bond donors (Lipinski definition) is 0. The van der Waals surface area contributed by atoms with E-state index in [9.17, 15) is 19.2 Å². The van der Waals surface area contributed by atoms with Crippen molar-refractivity contribution in [3.63, 3.8) is 0 Å². The molecule has 53 heavy (non-hydrogen) atoms. The molecule has 0 saturated heterocycles. The Kier molecular flexibility index (Phi) is 16.5. The van der Waals surface area contributed by atoms with Crippen molar-refractivity contribution in [2.75, 3.05) is 13.2 Å². The summed E-state index contributed by atoms with van der Waals surface area (Å²) in [5.41, 5.74) is 0. The van der Waals surface area contributed by atoms with Crippen molar-refractivity contribution < 1.29 is 38.1 Å². The van der Waals surface area contributed by atoms with E-state index in [1.54, 1.807) is 12.1 Å². The van der Waals surface area contributed by atoms with Gasteiger partial charge in [0.25, 0.3) is 0 Å². The van der Waals surface area contributed by atoms with Crippen LogP contribution in [0.15, 0.2) is 48.0 Å². The first-order valence-corrected chi connectivity index (χ1v) is 21.3. The van der Waals surface area contributed by atoms with Crippen LogP contribution in [0.25, 0.3) is 0 Å². The van der Waals surface area contributed by atoms with Gasteiger partial charge in [0.05, 0.1) is 25.0 Å². The lowest BCUT2D eigenvalue weighted by molar-refractivity contribution is -0.143. The summed E-state index contributed by atoms with van der Waals surface area (Å²) in [4.78, 5) is 49.3. The summed E-state index contributed by atoms with van der Waals surface area (Å²) in [5, 5.41) is 0. The highest BCUT2D eigenvalue weighted by molar-refractivity contribution is 9.10. The Labute approximate surface area is 325 Å². The molecule has 0 aromatic heterocycles. The van der Waals surface area contributed by atoms with E-state index < -0.39 is 0 Å². The average Bonchev–Trinajstić information content (AvgIpc) is 3.19. The molecule has 4 aliphatic rings. The van der Waals surface area contributed by atoms with E-state index >= 15 is 0 Å². The summed E-state index contributed by atoms with van der Waals surface area (Å²) >= 11 is 3.50. The summed E-state index contributed by atoms with van der Waals surface area (Å²) in [5.74, 6) is 3.38. The molecule has 0 N–H and O–H groups in total. The number of ether oxygens (including phenoxy) is 4. The molecule has 4 saturated carbocycles. The zero-order valence-corrected chi connectivity index (χ0v) is 33.2. The lowest BCUT2D eigenvalue weighted by atomic mass is 9.68. The van der Waals surface area contributed by atoms with Crippen LogP contribution in [-0.4, -0.2) is 37.1 Å². The summed E-state index contributed by atoms with van der Waals surface area (Å²) in [7, 11) is 0. The second-order valence-corrected chi connectivity index (χ2v) is 17.2. The molecule has 0 aliphatic heterocycles. The molecule has 1 aromatic carbocycles. The van der Waals surface area contributed by atoms with Gasteiger partial charge in [-0.2, -0.15) is 0 Å². The number of carbonyl (C=O) groups excluding carboxylic acids is 4. The highest BCUT2D eigenvalue weighted by atomic mass is 79.9. The van der Waals surface area contributed by atoms with Gasteiger partial charge in [-0.25, -0.2) is 9.59 Å². The molecular weight excluding hydrogens is 736 g/mol. The Morgan fingerprint density at radius 2 is 0.943 bits per heavy atom. The highest BCUT2D eigenvalue weighted by Gasteiger charge is 2.36. The number of rotatable bonds is 16. The van der Waals surface area contributed by atoms with Gasteiger partial charge in [0.15, 0.2) is 11.5 Å². The van der Waals surface area contributed by atoms with E-state index in [1.807, 2.05) is 6.07 Å². The second kappa shape index (κ2) is 21.2. The summed E-state index contributed by atoms with van der Waals surface area (Å²) in [6.07, 6.45) is 23.9. The number of halogens is 1. The van der Waals surface area contributed by atoms with Crippen LogP contribution in [0.5, 0.6) is 11.5 Å². The van der Waals surface area contributed by atoms with Gasteiger partial charge < -0.3 is 18.9 Å². The molecular formula is C44H61BrO8. The van der Waals surface area contributed by atoms with Gasteiger partial charge in [0, 0.05) is 16.6 Å². The van der Waals surface area contributed by atoms with E-state index in [2.05, 4.69) is 29.1 Å². The Hall–Kier alpha value is -2.94. The third-order valence-corrected chi connectivity index (χ3v) is 13.5. The number of benzene rings is 1. The van der Waals surface area contributed by atoms with Gasteiger partial charge in [-0.1, -0.05) is 54.8 Å². The summed E-state index contributed by atoms with van der Waals surface area (Å²) in [6, 6.07) is 5.27. The summed E-state index contributed by atoms with van der Waals surface area (Å²) < 4.78 is 22.9. The van der Waals surface area contributed by atoms with Crippen molar-refractivity contribution in [2.24, 2.45) is 47.3 Å². The minimum absolute atomic E-state index is 0.138. The van der Waals surface area contributed by atoms with E-state index in [-0.39, 0.29) is 35.7 Å². The van der Waals surface area contributed by atoms with Crippen LogP contribution in [0.1, 0.15) is 128 Å². The van der Waals surface area contributed by atoms with E-state index in [4.69, 9.17) is 18.9 Å². The number of esters is 4. The monoisotopic (exact) mass is 796 g/mol. The molecule has 292 valence electrons. The Morgan fingerprint density at radius 1 is 0.566 bits per heavy atom. The fourth-order valence-electron chi connectivity index (χ4n) is 9.79. The standard InChI is InChI=1S/C44H61BrO8/c1-3-41(46)50-27-5-7-30-9-13-32(14-10-30)34-17-21-36(22-18-34)43(48)52-39-26-25-38(45)29-40(39)53-44(49)37-23-19-35(20-24-37)33-15-11-31(12-16-33)8-6-28-51-42(47)4-2/h3-4,25-26,29-37H,1-2,5-24,27-28H2/t30-,31-,32-,33-,34?,35?,36?,37?. The van der Waals surface area contributed by atoms with Crippen molar-refractivity contribution in [3.8, 4) is 11.5 Å². The maximum Gasteiger partial charge on any atom is 0.330 e. The predicted molar refractivity (Wildman–Crippen MR) is 208 cm³/mol. The SMILES string of the molecule is C=CC(=O)OCCC[C@H]1CC[C@H](C2CCC(C(=O)Oc3ccc(Br)cc3OC(=O)C3CCC([C@H]4CC[C@H](CCCOC(=O)C=C)CC4)CC3)CC2)CC1. The second-order valence-electron chi connectivity index (χ2n) is 16.2. The van der Waals surface area contributed by atoms with Crippen LogP contribution in [0.4, 0.5) is 0 Å². The molecule has 0 bridgehead atoms. The van der Waals surface area contributed by atoms with Gasteiger partial charge in [0.1, 0.15) is 0 Å². The molecule has 1 aromatic rings. The van der Waals surface area contributed by atoms with Crippen LogP contribution >= 0.6 is 15.9 Å². The first-order valence-electron chi connectivity index (χ1n) is 20.5. The van der Waals surface area contributed by atoms with Crippen LogP contribution in [0, 0.1) is 47.3 Å². The van der Waals surface area contributed by atoms with Crippen molar-refractivity contribution in [1.82, 2.24) is 0 Å². The third-order valence-electron chi connectivity index (χ3n) is 13.0. The molecule has 0 heterocycles. The lowest BCUT2D eigenvalue weighted by Crippen LogP contribution is -2.31. The van der Waals surface area contributed by atoms with E-state index in [0.29, 0.717) is 48.4 Å². The third kappa shape index (κ3) is 12.8. The van der Waals surface area contributed by atoms with Gasteiger partial charge in [0.2, 0.25) is 0 Å². The van der Waals surface area contributed by atoms with Gasteiger partial charge in [-0.15, -0.1) is 0 Å². The van der Waals surface area contributed by atoms with Crippen molar-refractivity contribution in [2.45, 2.75) is 128 Å². The Balaban J connectivity index is 0.998. The molecule has 0 amide bonds. The van der Waals surface area contributed by atoms with Crippen LogP contribution in [0.3, 0.4) is 0 Å². The highest BCUT2D eigenvalue weighted by Crippen LogP contribution is 2.45. The first kappa shape index (κ1) is 41.2. The van der Waals surface area contributed by atoms with Gasteiger partial charge in [-0.3, -0.25) is 9.59 Å². The molecule has 0 atom stereocenters. The normalized spacial score (nSPS) is 28.9. The fraction of sp³-hybridized carbons (Fsp3) is 0.682. The van der Waals surface area contributed by atoms with Gasteiger partial charge in [-0.05, 0) is 156 Å². The molecule has 4 aliphatic carbocycles. The smallest absolute Gasteiger partial charge is 0.330 e. The summed E-state index contributed by atoms with van der Waals surface area (Å²) in [6.45, 7) is 7.83.